The van der Waals surface area contributed by atoms with Gasteiger partial charge in [-0.05, 0) is 63.4 Å². The summed E-state index contributed by atoms with van der Waals surface area (Å²) in [4.78, 5) is 11.1. The van der Waals surface area contributed by atoms with Crippen molar-refractivity contribution in [2.45, 2.75) is 101 Å². The molecule has 15 heteroatoms. The maximum absolute atomic E-state index is 11.1. The first kappa shape index (κ1) is 37.2. The molecule has 0 aromatic heterocycles. The Balaban J connectivity index is 0.000000251. The summed E-state index contributed by atoms with van der Waals surface area (Å²) in [7, 11) is 2.62. The van der Waals surface area contributed by atoms with Crippen LogP contribution in [0.3, 0.4) is 0 Å². The smallest absolute Gasteiger partial charge is 0.335 e. The average Bonchev–Trinajstić information content (AvgIpc) is 3.03. The minimum Gasteiger partial charge on any atom is -0.508 e. The number of carboxylic acid groups (broad SMARTS) is 1. The molecule has 2 aromatic carbocycles. The number of aromatic carboxylic acids is 1. The standard InChI is InChI=1S/C16H24O6.C15H20O9/c1-9(3-4-11-5-7-12(17)8-6-11)21-16-15(20)14(19)13(18)10(2)22-16;1-6-10(16)11(17)12(18)15(23-6)24-13-8(21-2)4-7(14(19)20)5-9(13)22-3/h5-10,13-20H,3-4H2,1-2H3;4-6,10-12,15-18H,1-3H3,(H,19,20). The minimum atomic E-state index is -1.52. The molecule has 2 fully saturated rings. The second-order valence-corrected chi connectivity index (χ2v) is 11.1. The number of benzene rings is 2. The Bertz CT molecular complexity index is 1230. The van der Waals surface area contributed by atoms with Crippen LogP contribution in [0.5, 0.6) is 23.0 Å². The van der Waals surface area contributed by atoms with Crippen LogP contribution in [-0.4, -0.2) is 129 Å². The highest BCUT2D eigenvalue weighted by atomic mass is 16.7. The van der Waals surface area contributed by atoms with E-state index in [0.29, 0.717) is 6.42 Å². The maximum Gasteiger partial charge on any atom is 0.335 e. The Kier molecular flexibility index (Phi) is 13.4. The van der Waals surface area contributed by atoms with Crippen molar-refractivity contribution in [2.75, 3.05) is 14.2 Å². The van der Waals surface area contributed by atoms with Gasteiger partial charge in [-0.2, -0.15) is 0 Å². The van der Waals surface area contributed by atoms with Gasteiger partial charge in [0, 0.05) is 0 Å². The van der Waals surface area contributed by atoms with Crippen LogP contribution in [0.15, 0.2) is 36.4 Å². The number of aliphatic hydroxyl groups is 6. The van der Waals surface area contributed by atoms with Crippen LogP contribution in [0, 0.1) is 0 Å². The molecule has 0 aliphatic carbocycles. The van der Waals surface area contributed by atoms with Crippen molar-refractivity contribution in [1.29, 1.82) is 0 Å². The Morgan fingerprint density at radius 1 is 0.783 bits per heavy atom. The van der Waals surface area contributed by atoms with Gasteiger partial charge in [-0.15, -0.1) is 0 Å². The first-order chi connectivity index (χ1) is 21.7. The number of aryl methyl sites for hydroxylation is 1. The van der Waals surface area contributed by atoms with Crippen molar-refractivity contribution >= 4 is 5.97 Å². The van der Waals surface area contributed by atoms with Crippen LogP contribution >= 0.6 is 0 Å². The molecule has 0 amide bonds. The normalized spacial score (nSPS) is 31.6. The fourth-order valence-electron chi connectivity index (χ4n) is 4.80. The highest BCUT2D eigenvalue weighted by Crippen LogP contribution is 2.40. The molecular weight excluding hydrogens is 612 g/mol. The molecule has 2 aliphatic heterocycles. The van der Waals surface area contributed by atoms with Gasteiger partial charge in [0.2, 0.25) is 12.0 Å². The summed E-state index contributed by atoms with van der Waals surface area (Å²) < 4.78 is 32.2. The highest BCUT2D eigenvalue weighted by Gasteiger charge is 2.44. The molecule has 8 N–H and O–H groups in total. The largest absolute Gasteiger partial charge is 0.508 e. The van der Waals surface area contributed by atoms with E-state index in [0.717, 1.165) is 12.0 Å². The van der Waals surface area contributed by atoms with E-state index in [1.54, 1.807) is 19.1 Å². The van der Waals surface area contributed by atoms with Crippen molar-refractivity contribution in [3.05, 3.63) is 47.5 Å². The highest BCUT2D eigenvalue weighted by molar-refractivity contribution is 5.89. The number of carboxylic acids is 1. The van der Waals surface area contributed by atoms with Gasteiger partial charge in [0.1, 0.15) is 42.4 Å². The molecule has 15 nitrogen and oxygen atoms in total. The van der Waals surface area contributed by atoms with Crippen molar-refractivity contribution in [3.63, 3.8) is 0 Å². The monoisotopic (exact) mass is 656 g/mol. The molecule has 11 unspecified atom stereocenters. The van der Waals surface area contributed by atoms with Crippen molar-refractivity contribution in [3.8, 4) is 23.0 Å². The van der Waals surface area contributed by atoms with Gasteiger partial charge in [-0.1, -0.05) is 12.1 Å². The lowest BCUT2D eigenvalue weighted by molar-refractivity contribution is -0.302. The first-order valence-electron chi connectivity index (χ1n) is 14.7. The van der Waals surface area contributed by atoms with Gasteiger partial charge in [-0.3, -0.25) is 0 Å². The Hall–Kier alpha value is -3.25. The summed E-state index contributed by atoms with van der Waals surface area (Å²) in [6.07, 6.45) is -10.3. The van der Waals surface area contributed by atoms with Crippen LogP contribution in [-0.2, 0) is 20.6 Å². The maximum atomic E-state index is 11.1. The summed E-state index contributed by atoms with van der Waals surface area (Å²) in [5.74, 6) is -0.843. The lowest BCUT2D eigenvalue weighted by Gasteiger charge is -2.39. The molecule has 2 aliphatic rings. The third kappa shape index (κ3) is 9.18. The Morgan fingerprint density at radius 2 is 1.26 bits per heavy atom. The van der Waals surface area contributed by atoms with Crippen LogP contribution in [0.1, 0.15) is 43.1 Å². The number of ether oxygens (including phenoxy) is 6. The van der Waals surface area contributed by atoms with E-state index in [4.69, 9.17) is 33.5 Å². The zero-order valence-corrected chi connectivity index (χ0v) is 26.2. The van der Waals surface area contributed by atoms with E-state index in [2.05, 4.69) is 0 Å². The summed E-state index contributed by atoms with van der Waals surface area (Å²) in [5.41, 5.74) is 0.993. The van der Waals surface area contributed by atoms with Gasteiger partial charge in [0.25, 0.3) is 0 Å². The SMILES string of the molecule is CC(CCc1ccc(O)cc1)OC1OC(C)C(O)C(O)C1O.COc1cc(C(=O)O)cc(OC)c1OC1OC(C)C(O)C(O)C1O. The molecule has 0 spiro atoms. The molecule has 2 saturated heterocycles. The number of aromatic hydroxyl groups is 1. The first-order valence-corrected chi connectivity index (χ1v) is 14.7. The lowest BCUT2D eigenvalue weighted by atomic mass is 10.00. The summed E-state index contributed by atoms with van der Waals surface area (Å²) in [6.45, 7) is 4.99. The molecule has 2 aromatic rings. The number of methoxy groups -OCH3 is 2. The number of hydrogen-bond donors (Lipinski definition) is 8. The van der Waals surface area contributed by atoms with Gasteiger partial charge in [0.15, 0.2) is 17.8 Å². The van der Waals surface area contributed by atoms with Gasteiger partial charge in [0.05, 0.1) is 38.1 Å². The number of carbonyl (C=O) groups is 1. The second kappa shape index (κ2) is 16.5. The fourth-order valence-corrected chi connectivity index (χ4v) is 4.80. The molecule has 2 heterocycles. The zero-order chi connectivity index (χ0) is 34.3. The van der Waals surface area contributed by atoms with E-state index >= 15 is 0 Å². The predicted octanol–water partition coefficient (Wildman–Crippen LogP) is 0.166. The lowest BCUT2D eigenvalue weighted by Crippen LogP contribution is -2.58. The molecule has 0 radical (unpaired) electrons. The molecule has 4 rings (SSSR count). The van der Waals surface area contributed by atoms with E-state index < -0.39 is 67.4 Å². The Morgan fingerprint density at radius 3 is 1.74 bits per heavy atom. The second-order valence-electron chi connectivity index (χ2n) is 11.1. The number of aliphatic hydroxyl groups excluding tert-OH is 6. The molecule has 258 valence electrons. The molecular formula is C31H44O15. The molecule has 0 bridgehead atoms. The third-order valence-corrected chi connectivity index (χ3v) is 7.70. The predicted molar refractivity (Wildman–Crippen MR) is 159 cm³/mol. The van der Waals surface area contributed by atoms with Crippen molar-refractivity contribution in [1.82, 2.24) is 0 Å². The van der Waals surface area contributed by atoms with Gasteiger partial charge < -0.3 is 69.3 Å². The summed E-state index contributed by atoms with van der Waals surface area (Å²) in [5, 5.41) is 77.2. The van der Waals surface area contributed by atoms with Gasteiger partial charge >= 0.3 is 5.97 Å². The number of phenols is 1. The summed E-state index contributed by atoms with van der Waals surface area (Å²) >= 11 is 0. The number of hydrogen-bond acceptors (Lipinski definition) is 14. The van der Waals surface area contributed by atoms with Crippen LogP contribution in [0.25, 0.3) is 0 Å². The quantitative estimate of drug-likeness (QED) is 0.170. The van der Waals surface area contributed by atoms with Gasteiger partial charge in [-0.25, -0.2) is 4.79 Å². The summed E-state index contributed by atoms with van der Waals surface area (Å²) in [6, 6.07) is 9.41. The number of phenolic OH excluding ortho intramolecular Hbond substituents is 1. The van der Waals surface area contributed by atoms with Crippen molar-refractivity contribution in [2.24, 2.45) is 0 Å². The number of rotatable bonds is 10. The minimum absolute atomic E-state index is 0.00448. The molecule has 46 heavy (non-hydrogen) atoms. The van der Waals surface area contributed by atoms with Crippen molar-refractivity contribution < 1.29 is 74.1 Å². The van der Waals surface area contributed by atoms with Crippen LogP contribution in [0.2, 0.25) is 0 Å². The fraction of sp³-hybridized carbons (Fsp3) is 0.581. The van der Waals surface area contributed by atoms with E-state index in [1.807, 2.05) is 19.1 Å². The van der Waals surface area contributed by atoms with E-state index in [1.165, 1.54) is 33.3 Å². The Labute approximate surface area is 266 Å². The van der Waals surface area contributed by atoms with Crippen LogP contribution < -0.4 is 14.2 Å². The zero-order valence-electron chi connectivity index (χ0n) is 26.2. The topological polar surface area (TPSA) is 234 Å². The van der Waals surface area contributed by atoms with Crippen LogP contribution in [0.4, 0.5) is 0 Å². The molecule has 11 atom stereocenters. The average molecular weight is 657 g/mol. The molecule has 0 saturated carbocycles. The third-order valence-electron chi connectivity index (χ3n) is 7.70. The van der Waals surface area contributed by atoms with E-state index in [-0.39, 0.29) is 34.7 Å². The van der Waals surface area contributed by atoms with E-state index in [9.17, 15) is 40.5 Å².